The largest absolute Gasteiger partial charge is 0.457 e. The standard InChI is InChI=1S/C32H51N3O5S2Si2/c1-14-17-38-28(36)25-26(20(2)27-32(7,29(37)35(25)27)21(3)40-43(9,10)11)42-30-33-23(19-41-30)22-15-16-34(8)24(22)18-39-44(12,13)31(4,5)6/h14-15,19-21,24,27H,1,16-18H2,2-13H3/t20-,21+,24-,27+,32+/m0/s1. The van der Waals surface area contributed by atoms with E-state index in [1.807, 2.05) is 13.8 Å². The predicted molar refractivity (Wildman–Crippen MR) is 185 cm³/mol. The molecular weight excluding hydrogens is 627 g/mol. The highest BCUT2D eigenvalue weighted by Crippen LogP contribution is 2.58. The second-order valence-electron chi connectivity index (χ2n) is 15.0. The lowest BCUT2D eigenvalue weighted by atomic mass is 9.66. The first kappa shape index (κ1) is 35.3. The number of thiazole rings is 1. The fourth-order valence-electron chi connectivity index (χ4n) is 6.06. The molecule has 12 heteroatoms. The number of carbonyl (C=O) groups excluding carboxylic acids is 2. The molecule has 4 heterocycles. The molecule has 0 N–H and O–H groups in total. The first-order chi connectivity index (χ1) is 20.2. The quantitative estimate of drug-likeness (QED) is 0.101. The molecule has 0 spiro atoms. The van der Waals surface area contributed by atoms with Crippen LogP contribution in [0.1, 0.15) is 47.2 Å². The number of carbonyl (C=O) groups is 2. The van der Waals surface area contributed by atoms with Crippen LogP contribution >= 0.6 is 23.1 Å². The highest BCUT2D eigenvalue weighted by atomic mass is 32.2. The molecule has 1 saturated heterocycles. The zero-order valence-electron chi connectivity index (χ0n) is 28.6. The van der Waals surface area contributed by atoms with Crippen LogP contribution in [0, 0.1) is 11.3 Å². The van der Waals surface area contributed by atoms with Crippen LogP contribution < -0.4 is 0 Å². The number of fused-ring (bicyclic) bond motifs is 1. The molecule has 0 bridgehead atoms. The van der Waals surface area contributed by atoms with Gasteiger partial charge in [-0.1, -0.05) is 58.2 Å². The molecule has 1 amide bonds. The number of aromatic nitrogens is 1. The van der Waals surface area contributed by atoms with Crippen LogP contribution in [0.2, 0.25) is 37.8 Å². The lowest BCUT2D eigenvalue weighted by molar-refractivity contribution is -0.180. The number of rotatable bonds is 12. The molecular formula is C32H51N3O5S2Si2. The highest BCUT2D eigenvalue weighted by molar-refractivity contribution is 8.04. The van der Waals surface area contributed by atoms with E-state index in [0.29, 0.717) is 12.3 Å². The average molecular weight is 678 g/mol. The normalized spacial score (nSPS) is 26.9. The fourth-order valence-corrected chi connectivity index (χ4v) is 10.5. The maximum Gasteiger partial charge on any atom is 0.356 e. The molecule has 0 radical (unpaired) electrons. The van der Waals surface area contributed by atoms with Crippen LogP contribution in [0.3, 0.4) is 0 Å². The van der Waals surface area contributed by atoms with Crippen LogP contribution in [0.4, 0.5) is 0 Å². The molecule has 0 saturated carbocycles. The summed E-state index contributed by atoms with van der Waals surface area (Å²) in [6, 6.07) is -0.0658. The van der Waals surface area contributed by atoms with Gasteiger partial charge in [0.25, 0.3) is 0 Å². The van der Waals surface area contributed by atoms with E-state index in [-0.39, 0.29) is 41.7 Å². The van der Waals surface area contributed by atoms with Crippen molar-refractivity contribution in [3.63, 3.8) is 0 Å². The smallest absolute Gasteiger partial charge is 0.356 e. The average Bonchev–Trinajstić information content (AvgIpc) is 3.59. The number of hydrogen-bond donors (Lipinski definition) is 0. The molecule has 1 aromatic heterocycles. The first-order valence-corrected chi connectivity index (χ1v) is 23.5. The fraction of sp³-hybridized carbons (Fsp3) is 0.656. The Morgan fingerprint density at radius 2 is 1.95 bits per heavy atom. The Labute approximate surface area is 274 Å². The van der Waals surface area contributed by atoms with Gasteiger partial charge in [0.2, 0.25) is 5.91 Å². The topological polar surface area (TPSA) is 81.2 Å². The molecule has 0 unspecified atom stereocenters. The number of esters is 1. The molecule has 3 aliphatic heterocycles. The Kier molecular flexibility index (Phi) is 10.1. The maximum atomic E-state index is 13.8. The summed E-state index contributed by atoms with van der Waals surface area (Å²) >= 11 is 3.04. The Morgan fingerprint density at radius 3 is 2.55 bits per heavy atom. The number of hydrogen-bond acceptors (Lipinski definition) is 9. The van der Waals surface area contributed by atoms with Gasteiger partial charge in [0.15, 0.2) is 21.0 Å². The summed E-state index contributed by atoms with van der Waals surface area (Å²) in [6.07, 6.45) is 3.51. The summed E-state index contributed by atoms with van der Waals surface area (Å²) in [7, 11) is -1.68. The van der Waals surface area contributed by atoms with Crippen LogP contribution in [0.25, 0.3) is 5.57 Å². The number of nitrogens with zero attached hydrogens (tertiary/aromatic N) is 3. The van der Waals surface area contributed by atoms with Gasteiger partial charge in [-0.15, -0.1) is 11.3 Å². The third-order valence-electron chi connectivity index (χ3n) is 9.71. The van der Waals surface area contributed by atoms with E-state index in [1.165, 1.54) is 23.4 Å². The van der Waals surface area contributed by atoms with Gasteiger partial charge in [0.1, 0.15) is 12.3 Å². The summed E-state index contributed by atoms with van der Waals surface area (Å²) in [6.45, 7) is 29.0. The molecule has 244 valence electrons. The molecule has 1 fully saturated rings. The van der Waals surface area contributed by atoms with E-state index in [4.69, 9.17) is 18.6 Å². The second-order valence-corrected chi connectivity index (χ2v) is 26.4. The van der Waals surface area contributed by atoms with Crippen LogP contribution in [0.15, 0.2) is 39.1 Å². The van der Waals surface area contributed by atoms with Gasteiger partial charge < -0.3 is 13.6 Å². The number of β-lactam (4-membered cyclic amide) rings is 1. The van der Waals surface area contributed by atoms with Crippen molar-refractivity contribution >= 4 is 57.2 Å². The van der Waals surface area contributed by atoms with E-state index >= 15 is 0 Å². The third-order valence-corrected chi connectivity index (χ3v) is 17.5. The van der Waals surface area contributed by atoms with Gasteiger partial charge in [-0.2, -0.15) is 0 Å². The van der Waals surface area contributed by atoms with Crippen molar-refractivity contribution in [1.29, 1.82) is 0 Å². The zero-order valence-corrected chi connectivity index (χ0v) is 32.2. The van der Waals surface area contributed by atoms with E-state index in [2.05, 4.69) is 90.4 Å². The Hall–Kier alpha value is -1.55. The van der Waals surface area contributed by atoms with E-state index in [1.54, 1.807) is 16.2 Å². The maximum absolute atomic E-state index is 13.8. The lowest BCUT2D eigenvalue weighted by Crippen LogP contribution is -2.71. The van der Waals surface area contributed by atoms with Gasteiger partial charge in [0.05, 0.1) is 35.9 Å². The van der Waals surface area contributed by atoms with Crippen molar-refractivity contribution in [2.24, 2.45) is 11.3 Å². The van der Waals surface area contributed by atoms with Gasteiger partial charge in [-0.3, -0.25) is 14.6 Å². The van der Waals surface area contributed by atoms with Crippen molar-refractivity contribution in [2.45, 2.75) is 102 Å². The summed E-state index contributed by atoms with van der Waals surface area (Å²) in [4.78, 5) is 37.1. The van der Waals surface area contributed by atoms with Crippen molar-refractivity contribution in [1.82, 2.24) is 14.8 Å². The molecule has 0 aliphatic carbocycles. The van der Waals surface area contributed by atoms with Crippen molar-refractivity contribution < 1.29 is 23.2 Å². The summed E-state index contributed by atoms with van der Waals surface area (Å²) in [5, 5.41) is 2.23. The number of amides is 1. The van der Waals surface area contributed by atoms with Crippen LogP contribution in [0.5, 0.6) is 0 Å². The minimum atomic E-state index is -1.91. The van der Waals surface area contributed by atoms with Crippen molar-refractivity contribution in [3.8, 4) is 0 Å². The molecule has 1 aromatic rings. The van der Waals surface area contributed by atoms with E-state index in [9.17, 15) is 9.59 Å². The molecule has 5 atom stereocenters. The van der Waals surface area contributed by atoms with E-state index in [0.717, 1.165) is 21.5 Å². The van der Waals surface area contributed by atoms with E-state index < -0.39 is 28.0 Å². The molecule has 44 heavy (non-hydrogen) atoms. The molecule has 4 rings (SSSR count). The lowest BCUT2D eigenvalue weighted by Gasteiger charge is -2.56. The highest BCUT2D eigenvalue weighted by Gasteiger charge is 2.68. The third kappa shape index (κ3) is 6.50. The first-order valence-electron chi connectivity index (χ1n) is 15.5. The number of thioether (sulfide) groups is 1. The van der Waals surface area contributed by atoms with Crippen LogP contribution in [-0.4, -0.2) is 88.3 Å². The monoisotopic (exact) mass is 677 g/mol. The Balaban J connectivity index is 1.60. The second kappa shape index (κ2) is 12.6. The molecule has 8 nitrogen and oxygen atoms in total. The molecule has 0 aromatic carbocycles. The predicted octanol–water partition coefficient (Wildman–Crippen LogP) is 7.00. The van der Waals surface area contributed by atoms with Crippen molar-refractivity contribution in [3.05, 3.63) is 40.4 Å². The van der Waals surface area contributed by atoms with Gasteiger partial charge >= 0.3 is 5.97 Å². The van der Waals surface area contributed by atoms with Crippen molar-refractivity contribution in [2.75, 3.05) is 26.8 Å². The Morgan fingerprint density at radius 1 is 1.30 bits per heavy atom. The summed E-state index contributed by atoms with van der Waals surface area (Å²) in [5.41, 5.74) is 1.71. The number of likely N-dealkylation sites (N-methyl/N-ethyl adjacent to an activating group) is 1. The van der Waals surface area contributed by atoms with Gasteiger partial charge in [-0.05, 0) is 64.2 Å². The SMILES string of the molecule is C=CCOC(=O)C1=C(Sc2nc(C3=CCN(C)[C@H]3CO[Si](C)(C)C(C)(C)C)cs2)[C@H](C)[C@H]2N1C(=O)[C@]2(C)[C@@H](C)O[Si](C)(C)C. The summed E-state index contributed by atoms with van der Waals surface area (Å²) < 4.78 is 19.4. The number of ether oxygens (including phenoxy) is 1. The Bertz CT molecular complexity index is 1360. The molecule has 3 aliphatic rings. The van der Waals surface area contributed by atoms with Gasteiger partial charge in [-0.25, -0.2) is 9.78 Å². The minimum Gasteiger partial charge on any atom is -0.457 e. The zero-order chi connectivity index (χ0) is 33.0. The van der Waals surface area contributed by atoms with Gasteiger partial charge in [0, 0.05) is 22.7 Å². The summed E-state index contributed by atoms with van der Waals surface area (Å²) in [5.74, 6) is -0.683. The van der Waals surface area contributed by atoms with Crippen LogP contribution in [-0.2, 0) is 23.2 Å². The minimum absolute atomic E-state index is 0.0785.